The second-order valence-electron chi connectivity index (χ2n) is 7.98. The van der Waals surface area contributed by atoms with Gasteiger partial charge in [0.1, 0.15) is 11.6 Å². The molecule has 1 aliphatic rings. The van der Waals surface area contributed by atoms with Gasteiger partial charge in [-0.15, -0.1) is 0 Å². The molecule has 33 heavy (non-hydrogen) atoms. The zero-order valence-corrected chi connectivity index (χ0v) is 18.1. The Labute approximate surface area is 188 Å². The summed E-state index contributed by atoms with van der Waals surface area (Å²) < 4.78 is 50.0. The summed E-state index contributed by atoms with van der Waals surface area (Å²) >= 11 is 0. The van der Waals surface area contributed by atoms with Crippen molar-refractivity contribution < 1.29 is 17.9 Å². The highest BCUT2D eigenvalue weighted by molar-refractivity contribution is 5.65. The van der Waals surface area contributed by atoms with Crippen LogP contribution < -0.4 is 15.2 Å². The Morgan fingerprint density at radius 1 is 1.09 bits per heavy atom. The number of piperidine rings is 1. The Bertz CT molecular complexity index is 1310. The SMILES string of the molecule is [C-]#[N+]c1ccc(-c2nc(N3CCC(C)CC3)c(F)c(=O)n2-c2ccc(OC)c(F)c2)cc1F. The maximum Gasteiger partial charge on any atom is 0.296 e. The summed E-state index contributed by atoms with van der Waals surface area (Å²) in [6.45, 7) is 10.2. The van der Waals surface area contributed by atoms with Gasteiger partial charge in [0.15, 0.2) is 17.4 Å². The first kappa shape index (κ1) is 22.4. The van der Waals surface area contributed by atoms with Gasteiger partial charge >= 0.3 is 0 Å². The Morgan fingerprint density at radius 3 is 2.42 bits per heavy atom. The second-order valence-corrected chi connectivity index (χ2v) is 7.98. The third-order valence-electron chi connectivity index (χ3n) is 5.81. The van der Waals surface area contributed by atoms with Crippen molar-refractivity contribution in [2.45, 2.75) is 19.8 Å². The lowest BCUT2D eigenvalue weighted by atomic mass is 9.99. The third-order valence-corrected chi connectivity index (χ3v) is 5.81. The van der Waals surface area contributed by atoms with E-state index in [0.29, 0.717) is 19.0 Å². The quantitative estimate of drug-likeness (QED) is 0.514. The summed E-state index contributed by atoms with van der Waals surface area (Å²) in [5, 5.41) is 0. The summed E-state index contributed by atoms with van der Waals surface area (Å²) in [5.41, 5.74) is -1.07. The monoisotopic (exact) mass is 454 g/mol. The van der Waals surface area contributed by atoms with Crippen molar-refractivity contribution in [3.8, 4) is 22.8 Å². The van der Waals surface area contributed by atoms with Crippen LogP contribution in [-0.2, 0) is 0 Å². The Hall–Kier alpha value is -3.80. The minimum atomic E-state index is -1.07. The summed E-state index contributed by atoms with van der Waals surface area (Å²) in [7, 11) is 1.30. The van der Waals surface area contributed by atoms with Gasteiger partial charge in [-0.1, -0.05) is 19.1 Å². The predicted molar refractivity (Wildman–Crippen MR) is 119 cm³/mol. The minimum Gasteiger partial charge on any atom is -0.494 e. The van der Waals surface area contributed by atoms with Crippen molar-refractivity contribution in [1.82, 2.24) is 9.55 Å². The van der Waals surface area contributed by atoms with E-state index in [1.165, 1.54) is 31.4 Å². The number of nitrogens with zero attached hydrogens (tertiary/aromatic N) is 4. The molecule has 6 nitrogen and oxygen atoms in total. The highest BCUT2D eigenvalue weighted by Crippen LogP contribution is 2.30. The summed E-state index contributed by atoms with van der Waals surface area (Å²) in [6.07, 6.45) is 1.63. The van der Waals surface area contributed by atoms with Gasteiger partial charge in [0, 0.05) is 24.7 Å². The number of anilines is 1. The maximum absolute atomic E-state index is 15.3. The normalized spacial score (nSPS) is 14.2. The molecule has 2 aromatic carbocycles. The number of aromatic nitrogens is 2. The molecule has 0 aliphatic carbocycles. The van der Waals surface area contributed by atoms with E-state index >= 15 is 4.39 Å². The smallest absolute Gasteiger partial charge is 0.296 e. The summed E-state index contributed by atoms with van der Waals surface area (Å²) in [6, 6.07) is 7.47. The summed E-state index contributed by atoms with van der Waals surface area (Å²) in [4.78, 5) is 22.4. The van der Waals surface area contributed by atoms with Gasteiger partial charge in [-0.25, -0.2) is 18.6 Å². The van der Waals surface area contributed by atoms with E-state index < -0.39 is 23.0 Å². The lowest BCUT2D eigenvalue weighted by Gasteiger charge is -2.31. The first-order valence-electron chi connectivity index (χ1n) is 10.4. The zero-order valence-electron chi connectivity index (χ0n) is 18.1. The van der Waals surface area contributed by atoms with Crippen LogP contribution in [0.3, 0.4) is 0 Å². The van der Waals surface area contributed by atoms with Crippen molar-refractivity contribution in [3.63, 3.8) is 0 Å². The number of halogens is 3. The van der Waals surface area contributed by atoms with Crippen LogP contribution in [0.2, 0.25) is 0 Å². The molecule has 1 aliphatic heterocycles. The molecule has 3 aromatic rings. The second kappa shape index (κ2) is 8.98. The zero-order chi connectivity index (χ0) is 23.7. The molecule has 0 radical (unpaired) electrons. The van der Waals surface area contributed by atoms with Crippen molar-refractivity contribution in [1.29, 1.82) is 0 Å². The lowest BCUT2D eigenvalue weighted by Crippen LogP contribution is -2.37. The number of ether oxygens (including phenoxy) is 1. The highest BCUT2D eigenvalue weighted by Gasteiger charge is 2.26. The molecule has 1 aromatic heterocycles. The lowest BCUT2D eigenvalue weighted by molar-refractivity contribution is 0.386. The number of hydrogen-bond acceptors (Lipinski definition) is 4. The van der Waals surface area contributed by atoms with Crippen LogP contribution in [-0.4, -0.2) is 29.8 Å². The van der Waals surface area contributed by atoms with E-state index in [9.17, 15) is 13.6 Å². The van der Waals surface area contributed by atoms with Crippen molar-refractivity contribution in [2.24, 2.45) is 5.92 Å². The predicted octanol–water partition coefficient (Wildman–Crippen LogP) is 5.11. The first-order valence-corrected chi connectivity index (χ1v) is 10.4. The van der Waals surface area contributed by atoms with Gasteiger partial charge in [-0.3, -0.25) is 9.36 Å². The molecular weight excluding hydrogens is 433 g/mol. The van der Waals surface area contributed by atoms with E-state index in [4.69, 9.17) is 11.3 Å². The molecule has 0 spiro atoms. The van der Waals surface area contributed by atoms with Crippen LogP contribution in [0.15, 0.2) is 41.2 Å². The molecule has 170 valence electrons. The molecule has 9 heteroatoms. The Balaban J connectivity index is 1.96. The van der Waals surface area contributed by atoms with Gasteiger partial charge in [-0.2, -0.15) is 4.39 Å². The van der Waals surface area contributed by atoms with E-state index in [2.05, 4.69) is 16.8 Å². The topological polar surface area (TPSA) is 51.7 Å². The largest absolute Gasteiger partial charge is 0.494 e. The van der Waals surface area contributed by atoms with E-state index in [0.717, 1.165) is 29.5 Å². The Kier molecular flexibility index (Phi) is 6.09. The number of rotatable bonds is 4. The molecule has 0 N–H and O–H groups in total. The third kappa shape index (κ3) is 4.16. The molecule has 4 rings (SSSR count). The minimum absolute atomic E-state index is 0.00757. The fraction of sp³-hybridized carbons (Fsp3) is 0.292. The van der Waals surface area contributed by atoms with Crippen molar-refractivity contribution in [3.05, 3.63) is 75.6 Å². The van der Waals surface area contributed by atoms with Gasteiger partial charge in [0.05, 0.1) is 19.4 Å². The molecule has 0 bridgehead atoms. The van der Waals surface area contributed by atoms with Crippen molar-refractivity contribution >= 4 is 11.5 Å². The molecular formula is C24H21F3N4O2. The molecule has 0 amide bonds. The fourth-order valence-corrected chi connectivity index (χ4v) is 3.88. The van der Waals surface area contributed by atoms with Gasteiger partial charge in [0.25, 0.3) is 5.56 Å². The number of benzene rings is 2. The first-order chi connectivity index (χ1) is 15.8. The Morgan fingerprint density at radius 2 is 1.82 bits per heavy atom. The van der Waals surface area contributed by atoms with E-state index in [1.807, 2.05) is 0 Å². The van der Waals surface area contributed by atoms with Crippen molar-refractivity contribution in [2.75, 3.05) is 25.1 Å². The van der Waals surface area contributed by atoms with E-state index in [1.54, 1.807) is 4.90 Å². The molecule has 2 heterocycles. The average Bonchev–Trinajstić information content (AvgIpc) is 2.81. The standard InChI is InChI=1S/C24H21F3N4O2/c1-14-8-10-30(11-9-14)23-21(27)24(32)31(16-5-7-20(33-3)18(26)13-16)22(29-23)15-4-6-19(28-2)17(25)12-15/h4-7,12-14H,8-11H2,1,3H3. The van der Waals surface area contributed by atoms with Crippen LogP contribution in [0.4, 0.5) is 24.7 Å². The maximum atomic E-state index is 15.3. The molecule has 1 saturated heterocycles. The van der Waals surface area contributed by atoms with Crippen LogP contribution in [0.1, 0.15) is 19.8 Å². The molecule has 0 atom stereocenters. The molecule has 1 fully saturated rings. The van der Waals surface area contributed by atoms with Crippen LogP contribution in [0.25, 0.3) is 21.9 Å². The fourth-order valence-electron chi connectivity index (χ4n) is 3.88. The molecule has 0 unspecified atom stereocenters. The summed E-state index contributed by atoms with van der Waals surface area (Å²) in [5.74, 6) is -2.38. The number of methoxy groups -OCH3 is 1. The average molecular weight is 454 g/mol. The number of hydrogen-bond donors (Lipinski definition) is 0. The van der Waals surface area contributed by atoms with E-state index in [-0.39, 0.29) is 34.3 Å². The molecule has 0 saturated carbocycles. The van der Waals surface area contributed by atoms with Gasteiger partial charge < -0.3 is 9.64 Å². The van der Waals surface area contributed by atoms with Gasteiger partial charge in [0.2, 0.25) is 11.5 Å². The van der Waals surface area contributed by atoms with Crippen LogP contribution in [0.5, 0.6) is 5.75 Å². The van der Waals surface area contributed by atoms with Crippen LogP contribution >= 0.6 is 0 Å². The van der Waals surface area contributed by atoms with Crippen LogP contribution in [0, 0.1) is 29.9 Å². The van der Waals surface area contributed by atoms with Gasteiger partial charge in [-0.05, 0) is 37.0 Å². The highest BCUT2D eigenvalue weighted by atomic mass is 19.1.